The fourth-order valence-corrected chi connectivity index (χ4v) is 9.21. The molecule has 0 saturated heterocycles. The lowest BCUT2D eigenvalue weighted by atomic mass is 10.0. The maximum Gasteiger partial charge on any atom is 0.306 e. The van der Waals surface area contributed by atoms with Gasteiger partial charge in [0.05, 0.1) is 0 Å². The van der Waals surface area contributed by atoms with Gasteiger partial charge in [0.2, 0.25) is 0 Å². The van der Waals surface area contributed by atoms with Gasteiger partial charge in [0, 0.05) is 19.3 Å². The Balaban J connectivity index is 4.31. The average molecular weight is 946 g/mol. The van der Waals surface area contributed by atoms with Crippen LogP contribution in [0.5, 0.6) is 0 Å². The zero-order valence-electron chi connectivity index (χ0n) is 45.5. The molecule has 0 rings (SSSR count). The second-order valence-corrected chi connectivity index (χ2v) is 20.6. The predicted molar refractivity (Wildman–Crippen MR) is 289 cm³/mol. The van der Waals surface area contributed by atoms with E-state index in [-0.39, 0.29) is 31.1 Å². The Hall–Kier alpha value is -1.85. The van der Waals surface area contributed by atoms with Gasteiger partial charge in [-0.1, -0.05) is 290 Å². The topological polar surface area (TPSA) is 78.9 Å². The van der Waals surface area contributed by atoms with Crippen LogP contribution >= 0.6 is 0 Å². The molecule has 0 aromatic carbocycles. The second-order valence-electron chi connectivity index (χ2n) is 20.6. The highest BCUT2D eigenvalue weighted by Crippen LogP contribution is 2.18. The van der Waals surface area contributed by atoms with E-state index >= 15 is 0 Å². The third kappa shape index (κ3) is 55.0. The van der Waals surface area contributed by atoms with Crippen LogP contribution in [0.25, 0.3) is 0 Å². The highest BCUT2D eigenvalue weighted by Gasteiger charge is 2.19. The van der Waals surface area contributed by atoms with Gasteiger partial charge in [-0.15, -0.1) is 0 Å². The fraction of sp³-hybridized carbons (Fsp3) is 0.918. The number of ether oxygens (including phenoxy) is 3. The lowest BCUT2D eigenvalue weighted by Crippen LogP contribution is -2.30. The predicted octanol–water partition coefficient (Wildman–Crippen LogP) is 20.1. The Morgan fingerprint density at radius 2 is 0.493 bits per heavy atom. The fourth-order valence-electron chi connectivity index (χ4n) is 9.21. The number of allylic oxidation sites excluding steroid dienone is 2. The number of rotatable bonds is 56. The van der Waals surface area contributed by atoms with Crippen LogP contribution in [0, 0.1) is 0 Å². The first-order valence-corrected chi connectivity index (χ1v) is 30.2. The van der Waals surface area contributed by atoms with E-state index in [4.69, 9.17) is 14.2 Å². The largest absolute Gasteiger partial charge is 0.462 e. The Bertz CT molecular complexity index is 1040. The van der Waals surface area contributed by atoms with Crippen LogP contribution in [0.1, 0.15) is 342 Å². The summed E-state index contributed by atoms with van der Waals surface area (Å²) in [6, 6.07) is 0. The summed E-state index contributed by atoms with van der Waals surface area (Å²) in [7, 11) is 0. The van der Waals surface area contributed by atoms with Crippen molar-refractivity contribution in [1.82, 2.24) is 0 Å². The molecule has 0 aromatic rings. The molecule has 0 fully saturated rings. The molecule has 0 aliphatic rings. The van der Waals surface area contributed by atoms with Crippen LogP contribution in [-0.4, -0.2) is 37.2 Å². The SMILES string of the molecule is CCCCCC/C=C/CCCCCCCCCC(=O)OC[C@H](COC(=O)CCCCCCCCCCCCCCCCCCC)OC(=O)CCCCCCCCCCCCCCCCCCC. The van der Waals surface area contributed by atoms with Crippen LogP contribution in [0.3, 0.4) is 0 Å². The first-order valence-electron chi connectivity index (χ1n) is 30.2. The number of carbonyl (C=O) groups is 3. The maximum atomic E-state index is 12.9. The molecule has 0 unspecified atom stereocenters. The van der Waals surface area contributed by atoms with Crippen molar-refractivity contribution in [2.24, 2.45) is 0 Å². The van der Waals surface area contributed by atoms with Crippen LogP contribution < -0.4 is 0 Å². The molecule has 6 heteroatoms. The maximum absolute atomic E-state index is 12.9. The Labute approximate surface area is 418 Å². The van der Waals surface area contributed by atoms with Gasteiger partial charge in [0.25, 0.3) is 0 Å². The lowest BCUT2D eigenvalue weighted by Gasteiger charge is -2.18. The van der Waals surface area contributed by atoms with E-state index in [9.17, 15) is 14.4 Å². The summed E-state index contributed by atoms with van der Waals surface area (Å²) in [4.78, 5) is 38.2. The molecule has 0 radical (unpaired) electrons. The van der Waals surface area contributed by atoms with Crippen molar-refractivity contribution in [3.8, 4) is 0 Å². The van der Waals surface area contributed by atoms with E-state index in [0.29, 0.717) is 19.3 Å². The molecule has 0 saturated carbocycles. The van der Waals surface area contributed by atoms with Gasteiger partial charge in [-0.2, -0.15) is 0 Å². The zero-order valence-corrected chi connectivity index (χ0v) is 45.5. The molecule has 0 heterocycles. The lowest BCUT2D eigenvalue weighted by molar-refractivity contribution is -0.167. The average Bonchev–Trinajstić information content (AvgIpc) is 3.33. The van der Waals surface area contributed by atoms with E-state index < -0.39 is 6.10 Å². The summed E-state index contributed by atoms with van der Waals surface area (Å²) >= 11 is 0. The van der Waals surface area contributed by atoms with Gasteiger partial charge in [-0.3, -0.25) is 14.4 Å². The number of unbranched alkanes of at least 4 members (excludes halogenated alkanes) is 43. The van der Waals surface area contributed by atoms with Gasteiger partial charge in [0.1, 0.15) is 13.2 Å². The molecular weight excluding hydrogens is 829 g/mol. The highest BCUT2D eigenvalue weighted by molar-refractivity contribution is 5.71. The molecule has 396 valence electrons. The van der Waals surface area contributed by atoms with Crippen LogP contribution in [0.2, 0.25) is 0 Å². The number of hydrogen-bond donors (Lipinski definition) is 0. The van der Waals surface area contributed by atoms with E-state index in [1.807, 2.05) is 0 Å². The summed E-state index contributed by atoms with van der Waals surface area (Å²) in [6.07, 6.45) is 64.9. The molecular formula is C61H116O6. The van der Waals surface area contributed by atoms with Crippen LogP contribution in [0.15, 0.2) is 12.2 Å². The molecule has 67 heavy (non-hydrogen) atoms. The molecule has 0 spiro atoms. The van der Waals surface area contributed by atoms with Crippen molar-refractivity contribution in [2.75, 3.05) is 13.2 Å². The Kier molecular flexibility index (Phi) is 55.2. The number of hydrogen-bond acceptors (Lipinski definition) is 6. The first kappa shape index (κ1) is 65.1. The standard InChI is InChI=1S/C61H116O6/c1-4-7-10-13-16-19-22-25-28-30-33-36-39-42-45-48-51-54-60(63)66-57-58(56-65-59(62)53-50-47-44-41-38-35-32-27-24-21-18-15-12-9-6-3)67-61(64)55-52-49-46-43-40-37-34-31-29-26-23-20-17-14-11-8-5-2/h21,24,58H,4-20,22-23,25-57H2,1-3H3/b24-21+/t58-/m1/s1. The summed E-state index contributed by atoms with van der Waals surface area (Å²) in [5, 5.41) is 0. The van der Waals surface area contributed by atoms with Gasteiger partial charge in [-0.05, 0) is 44.9 Å². The van der Waals surface area contributed by atoms with Crippen LogP contribution in [-0.2, 0) is 28.6 Å². The first-order chi connectivity index (χ1) is 33.0. The molecule has 0 aliphatic heterocycles. The van der Waals surface area contributed by atoms with Crippen LogP contribution in [0.4, 0.5) is 0 Å². The van der Waals surface area contributed by atoms with Crippen molar-refractivity contribution in [2.45, 2.75) is 348 Å². The van der Waals surface area contributed by atoms with Gasteiger partial charge in [-0.25, -0.2) is 0 Å². The normalized spacial score (nSPS) is 12.0. The van der Waals surface area contributed by atoms with E-state index in [0.717, 1.165) is 57.8 Å². The van der Waals surface area contributed by atoms with Crippen molar-refractivity contribution in [3.63, 3.8) is 0 Å². The zero-order chi connectivity index (χ0) is 48.6. The molecule has 0 aromatic heterocycles. The van der Waals surface area contributed by atoms with E-state index in [2.05, 4.69) is 32.9 Å². The second kappa shape index (κ2) is 56.7. The van der Waals surface area contributed by atoms with Gasteiger partial charge >= 0.3 is 17.9 Å². The monoisotopic (exact) mass is 945 g/mol. The van der Waals surface area contributed by atoms with Gasteiger partial charge < -0.3 is 14.2 Å². The summed E-state index contributed by atoms with van der Waals surface area (Å²) in [5.74, 6) is -0.842. The third-order valence-corrected chi connectivity index (χ3v) is 13.8. The highest BCUT2D eigenvalue weighted by atomic mass is 16.6. The minimum Gasteiger partial charge on any atom is -0.462 e. The van der Waals surface area contributed by atoms with Crippen molar-refractivity contribution < 1.29 is 28.6 Å². The Morgan fingerprint density at radius 1 is 0.284 bits per heavy atom. The smallest absolute Gasteiger partial charge is 0.306 e. The van der Waals surface area contributed by atoms with E-state index in [1.165, 1.54) is 244 Å². The molecule has 0 N–H and O–H groups in total. The molecule has 1 atom stereocenters. The molecule has 0 bridgehead atoms. The number of esters is 3. The number of carbonyl (C=O) groups excluding carboxylic acids is 3. The van der Waals surface area contributed by atoms with Gasteiger partial charge in [0.15, 0.2) is 6.10 Å². The Morgan fingerprint density at radius 3 is 0.761 bits per heavy atom. The summed E-state index contributed by atoms with van der Waals surface area (Å²) < 4.78 is 16.9. The minimum atomic E-state index is -0.766. The van der Waals surface area contributed by atoms with Crippen molar-refractivity contribution in [1.29, 1.82) is 0 Å². The minimum absolute atomic E-state index is 0.0649. The molecule has 0 aliphatic carbocycles. The third-order valence-electron chi connectivity index (χ3n) is 13.8. The molecule has 0 amide bonds. The van der Waals surface area contributed by atoms with Crippen molar-refractivity contribution >= 4 is 17.9 Å². The molecule has 6 nitrogen and oxygen atoms in total. The quantitative estimate of drug-likeness (QED) is 0.0262. The van der Waals surface area contributed by atoms with Crippen molar-refractivity contribution in [3.05, 3.63) is 12.2 Å². The van der Waals surface area contributed by atoms with E-state index in [1.54, 1.807) is 0 Å². The summed E-state index contributed by atoms with van der Waals surface area (Å²) in [5.41, 5.74) is 0. The summed E-state index contributed by atoms with van der Waals surface area (Å²) in [6.45, 7) is 6.69.